The van der Waals surface area contributed by atoms with E-state index in [2.05, 4.69) is 15.0 Å². The zero-order chi connectivity index (χ0) is 22.3. The van der Waals surface area contributed by atoms with Gasteiger partial charge in [-0.1, -0.05) is 0 Å². The molecule has 2 amide bonds. The molecular formula is C16H16N4O8S2. The fourth-order valence-corrected chi connectivity index (χ4v) is 5.38. The molecule has 1 heterocycles. The Bertz CT molecular complexity index is 1270. The molecule has 0 bridgehead atoms. The van der Waals surface area contributed by atoms with Gasteiger partial charge in [-0.05, 0) is 36.8 Å². The van der Waals surface area contributed by atoms with Crippen molar-refractivity contribution >= 4 is 38.0 Å². The lowest BCUT2D eigenvalue weighted by Gasteiger charge is -2.25. The molecule has 0 fully saturated rings. The van der Waals surface area contributed by atoms with Crippen LogP contribution in [0.2, 0.25) is 0 Å². The van der Waals surface area contributed by atoms with Crippen LogP contribution in [0, 0.1) is 6.92 Å². The zero-order valence-electron chi connectivity index (χ0n) is 15.5. The van der Waals surface area contributed by atoms with Crippen molar-refractivity contribution in [1.82, 2.24) is 10.9 Å². The second-order valence-corrected chi connectivity index (χ2v) is 9.58. The average molecular weight is 456 g/mol. The number of carbonyl (C=O) groups excluding carboxylic acids is 2. The smallest absolute Gasteiger partial charge is 0.300 e. The largest absolute Gasteiger partial charge is 0.453 e. The van der Waals surface area contributed by atoms with E-state index < -0.39 is 41.4 Å². The van der Waals surface area contributed by atoms with Crippen molar-refractivity contribution in [2.75, 3.05) is 12.5 Å². The van der Waals surface area contributed by atoms with Crippen LogP contribution >= 0.6 is 0 Å². The molecule has 0 aromatic heterocycles. The number of hydrogen-bond acceptors (Lipinski definition) is 10. The second kappa shape index (κ2) is 7.56. The Morgan fingerprint density at radius 3 is 2.43 bits per heavy atom. The van der Waals surface area contributed by atoms with Crippen LogP contribution in [-0.2, 0) is 28.9 Å². The fraction of sp³-hybridized carbons (Fsp3) is 0.125. The molecule has 0 atom stereocenters. The molecule has 0 saturated carbocycles. The number of hydrazine groups is 2. The second-order valence-electron chi connectivity index (χ2n) is 6.01. The molecule has 0 spiro atoms. The van der Waals surface area contributed by atoms with Crippen LogP contribution in [-0.4, -0.2) is 36.3 Å². The van der Waals surface area contributed by atoms with Crippen LogP contribution in [0.1, 0.15) is 15.9 Å². The molecule has 1 aliphatic rings. The Kier molecular flexibility index (Phi) is 5.42. The molecule has 1 aliphatic heterocycles. The third-order valence-electron chi connectivity index (χ3n) is 4.20. The van der Waals surface area contributed by atoms with Gasteiger partial charge in [0.2, 0.25) is 16.2 Å². The number of benzene rings is 2. The molecule has 2 aromatic rings. The minimum absolute atomic E-state index is 0.109. The Morgan fingerprint density at radius 2 is 1.83 bits per heavy atom. The van der Waals surface area contributed by atoms with Crippen molar-refractivity contribution in [1.29, 1.82) is 0 Å². The molecule has 0 aliphatic carbocycles. The molecule has 0 unspecified atom stereocenters. The van der Waals surface area contributed by atoms with E-state index >= 15 is 0 Å². The number of hydrogen-bond donors (Lipinski definition) is 4. The van der Waals surface area contributed by atoms with E-state index in [0.29, 0.717) is 12.0 Å². The van der Waals surface area contributed by atoms with Crippen molar-refractivity contribution in [2.45, 2.75) is 21.6 Å². The van der Waals surface area contributed by atoms with Crippen LogP contribution in [0.15, 0.2) is 39.0 Å². The number of anilines is 1. The number of aryl methyl sites for hydroxylation is 1. The lowest BCUT2D eigenvalue weighted by molar-refractivity contribution is -0.109. The lowest BCUT2D eigenvalue weighted by Crippen LogP contribution is -2.30. The lowest BCUT2D eigenvalue weighted by atomic mass is 10.1. The highest BCUT2D eigenvalue weighted by molar-refractivity contribution is 7.92. The van der Waals surface area contributed by atoms with Gasteiger partial charge in [0.1, 0.15) is 20.4 Å². The maximum absolute atomic E-state index is 13.3. The van der Waals surface area contributed by atoms with Gasteiger partial charge in [-0.2, -0.15) is 8.42 Å². The quantitative estimate of drug-likeness (QED) is 0.129. The first-order valence-corrected chi connectivity index (χ1v) is 11.0. The third kappa shape index (κ3) is 3.45. The van der Waals surface area contributed by atoms with Gasteiger partial charge in [0, 0.05) is 5.56 Å². The van der Waals surface area contributed by atoms with Gasteiger partial charge >= 0.3 is 10.1 Å². The minimum Gasteiger partial charge on any atom is -0.453 e. The fourth-order valence-electron chi connectivity index (χ4n) is 2.84. The highest BCUT2D eigenvalue weighted by Crippen LogP contribution is 2.48. The van der Waals surface area contributed by atoms with Gasteiger partial charge < -0.3 is 4.74 Å². The Hall–Kier alpha value is -3.20. The van der Waals surface area contributed by atoms with E-state index in [1.54, 1.807) is 0 Å². The Balaban J connectivity index is 2.35. The number of sulfone groups is 1. The van der Waals surface area contributed by atoms with Gasteiger partial charge in [0.25, 0.3) is 5.91 Å². The van der Waals surface area contributed by atoms with Crippen molar-refractivity contribution in [3.05, 3.63) is 35.4 Å². The molecule has 12 nitrogen and oxygen atoms in total. The summed E-state index contributed by atoms with van der Waals surface area (Å²) in [5.41, 5.74) is 6.72. The predicted molar refractivity (Wildman–Crippen MR) is 102 cm³/mol. The first kappa shape index (κ1) is 21.5. The van der Waals surface area contributed by atoms with Crippen molar-refractivity contribution in [2.24, 2.45) is 5.84 Å². The number of fused-ring (bicyclic) bond motifs is 2. The summed E-state index contributed by atoms with van der Waals surface area (Å²) >= 11 is 0. The number of nitrogens with two attached hydrogens (primary N) is 1. The summed E-state index contributed by atoms with van der Waals surface area (Å²) in [5.74, 6) is 3.56. The zero-order valence-corrected chi connectivity index (χ0v) is 17.2. The SMILES string of the molecule is COS(=O)(=O)c1cc(C(=O)NN)cc2c1Oc1c(C)cc(NNC=O)cc1S2(=O)=O. The van der Waals surface area contributed by atoms with E-state index in [-0.39, 0.29) is 21.9 Å². The molecule has 3 rings (SSSR count). The summed E-state index contributed by atoms with van der Waals surface area (Å²) in [6.45, 7) is 1.53. The van der Waals surface area contributed by atoms with Gasteiger partial charge in [0.15, 0.2) is 5.75 Å². The minimum atomic E-state index is -4.46. The highest BCUT2D eigenvalue weighted by atomic mass is 32.2. The molecule has 160 valence electrons. The van der Waals surface area contributed by atoms with E-state index in [9.17, 15) is 26.4 Å². The van der Waals surface area contributed by atoms with Crippen LogP contribution in [0.25, 0.3) is 0 Å². The monoisotopic (exact) mass is 456 g/mol. The van der Waals surface area contributed by atoms with Crippen molar-refractivity contribution < 1.29 is 35.3 Å². The van der Waals surface area contributed by atoms with E-state index in [0.717, 1.165) is 19.2 Å². The summed E-state index contributed by atoms with van der Waals surface area (Å²) in [6.07, 6.45) is 0.356. The van der Waals surface area contributed by atoms with Gasteiger partial charge in [0.05, 0.1) is 12.8 Å². The molecule has 0 radical (unpaired) electrons. The van der Waals surface area contributed by atoms with Crippen molar-refractivity contribution in [3.8, 4) is 11.5 Å². The van der Waals surface area contributed by atoms with Crippen LogP contribution in [0.3, 0.4) is 0 Å². The number of rotatable bonds is 6. The van der Waals surface area contributed by atoms with Crippen LogP contribution < -0.4 is 26.9 Å². The standard InChI is InChI=1S/C16H16N4O8S2/c1-8-3-10(20-18-7-21)6-12-14(8)28-15-11(29(12,23)24)4-9(16(22)19-17)5-13(15)30(25,26)27-2/h3-7,20H,17H2,1-2H3,(H,18,21)(H,19,22). The van der Waals surface area contributed by atoms with E-state index in [1.165, 1.54) is 19.1 Å². The number of ether oxygens (including phenoxy) is 1. The average Bonchev–Trinajstić information content (AvgIpc) is 2.72. The first-order valence-electron chi connectivity index (χ1n) is 8.09. The maximum atomic E-state index is 13.3. The normalized spacial score (nSPS) is 14.0. The molecule has 14 heteroatoms. The molecule has 30 heavy (non-hydrogen) atoms. The summed E-state index contributed by atoms with van der Waals surface area (Å²) in [5, 5.41) is 0. The van der Waals surface area contributed by atoms with Gasteiger partial charge in [-0.3, -0.25) is 30.0 Å². The Labute approximate surface area is 171 Å². The van der Waals surface area contributed by atoms with Crippen LogP contribution in [0.4, 0.5) is 5.69 Å². The number of nitrogens with one attached hydrogen (secondary N) is 3. The number of amides is 2. The molecule has 5 N–H and O–H groups in total. The third-order valence-corrected chi connectivity index (χ3v) is 7.25. The number of carbonyl (C=O) groups is 2. The predicted octanol–water partition coefficient (Wildman–Crippen LogP) is -0.0550. The maximum Gasteiger partial charge on any atom is 0.300 e. The van der Waals surface area contributed by atoms with E-state index in [4.69, 9.17) is 10.6 Å². The molecule has 2 aromatic carbocycles. The summed E-state index contributed by atoms with van der Waals surface area (Å²) in [4.78, 5) is 21.0. The van der Waals surface area contributed by atoms with Crippen LogP contribution in [0.5, 0.6) is 11.5 Å². The Morgan fingerprint density at radius 1 is 1.17 bits per heavy atom. The highest BCUT2D eigenvalue weighted by Gasteiger charge is 2.38. The molecular weight excluding hydrogens is 440 g/mol. The van der Waals surface area contributed by atoms with Crippen molar-refractivity contribution in [3.63, 3.8) is 0 Å². The summed E-state index contributed by atoms with van der Waals surface area (Å²) in [7, 11) is -7.93. The summed E-state index contributed by atoms with van der Waals surface area (Å²) < 4.78 is 61.6. The first-order chi connectivity index (χ1) is 14.1. The van der Waals surface area contributed by atoms with Gasteiger partial charge in [-0.15, -0.1) is 0 Å². The van der Waals surface area contributed by atoms with E-state index in [1.807, 2.05) is 5.43 Å². The summed E-state index contributed by atoms with van der Waals surface area (Å²) in [6, 6.07) is 4.52. The van der Waals surface area contributed by atoms with Gasteiger partial charge in [-0.25, -0.2) is 14.3 Å². The molecule has 0 saturated heterocycles. The number of nitrogen functional groups attached to an aromatic ring is 1. The topological polar surface area (TPSA) is 183 Å².